The van der Waals surface area contributed by atoms with Crippen LogP contribution in [0.5, 0.6) is 5.75 Å². The first-order valence-electron chi connectivity index (χ1n) is 8.05. The molecule has 1 aromatic heterocycles. The normalized spacial score (nSPS) is 18.5. The van der Waals surface area contributed by atoms with Crippen LogP contribution in [-0.2, 0) is 0 Å². The first-order chi connectivity index (χ1) is 11.4. The summed E-state index contributed by atoms with van der Waals surface area (Å²) in [4.78, 5) is 19.2. The van der Waals surface area contributed by atoms with E-state index in [4.69, 9.17) is 10.5 Å². The SMILES string of the molecule is COc1ccc(-c2nc(C(=O)N3CCC(N)C(C)(C)C3)cs2)cc1.Cl.Cl. The summed E-state index contributed by atoms with van der Waals surface area (Å²) >= 11 is 1.48. The molecule has 2 N–H and O–H groups in total. The maximum absolute atomic E-state index is 12.7. The molecule has 0 spiro atoms. The van der Waals surface area contributed by atoms with Gasteiger partial charge in [0.2, 0.25) is 0 Å². The van der Waals surface area contributed by atoms with Gasteiger partial charge in [-0.05, 0) is 36.1 Å². The summed E-state index contributed by atoms with van der Waals surface area (Å²) in [7, 11) is 1.64. The first kappa shape index (κ1) is 22.7. The summed E-state index contributed by atoms with van der Waals surface area (Å²) in [6, 6.07) is 7.83. The van der Waals surface area contributed by atoms with E-state index in [0.717, 1.165) is 22.7 Å². The molecule has 2 heterocycles. The second kappa shape index (κ2) is 9.04. The average Bonchev–Trinajstić information content (AvgIpc) is 3.06. The molecule has 1 saturated heterocycles. The summed E-state index contributed by atoms with van der Waals surface area (Å²) in [5, 5.41) is 2.68. The van der Waals surface area contributed by atoms with Crippen molar-refractivity contribution in [3.05, 3.63) is 35.3 Å². The number of carbonyl (C=O) groups excluding carboxylic acids is 1. The number of likely N-dealkylation sites (tertiary alicyclic amines) is 1. The van der Waals surface area contributed by atoms with Crippen LogP contribution in [-0.4, -0.2) is 42.0 Å². The van der Waals surface area contributed by atoms with Gasteiger partial charge in [-0.3, -0.25) is 4.79 Å². The van der Waals surface area contributed by atoms with Crippen molar-refractivity contribution >= 4 is 42.1 Å². The van der Waals surface area contributed by atoms with Crippen LogP contribution in [0, 0.1) is 5.41 Å². The molecule has 0 bridgehead atoms. The third-order valence-electron chi connectivity index (χ3n) is 4.66. The predicted octanol–water partition coefficient (Wildman–Crippen LogP) is 3.86. The van der Waals surface area contributed by atoms with Gasteiger partial charge >= 0.3 is 0 Å². The van der Waals surface area contributed by atoms with Crippen LogP contribution in [0.2, 0.25) is 0 Å². The number of rotatable bonds is 3. The molecule has 8 heteroatoms. The predicted molar refractivity (Wildman–Crippen MR) is 111 cm³/mol. The number of amides is 1. The van der Waals surface area contributed by atoms with E-state index in [2.05, 4.69) is 18.8 Å². The number of ether oxygens (including phenoxy) is 1. The van der Waals surface area contributed by atoms with Gasteiger partial charge in [0.15, 0.2) is 0 Å². The first-order valence-corrected chi connectivity index (χ1v) is 8.93. The van der Waals surface area contributed by atoms with E-state index in [9.17, 15) is 4.79 Å². The summed E-state index contributed by atoms with van der Waals surface area (Å²) in [6.45, 7) is 5.59. The van der Waals surface area contributed by atoms with Gasteiger partial charge in [-0.25, -0.2) is 4.98 Å². The van der Waals surface area contributed by atoms with Crippen LogP contribution < -0.4 is 10.5 Å². The molecule has 5 nitrogen and oxygen atoms in total. The van der Waals surface area contributed by atoms with E-state index in [0.29, 0.717) is 18.8 Å². The van der Waals surface area contributed by atoms with Crippen LogP contribution in [0.4, 0.5) is 0 Å². The van der Waals surface area contributed by atoms with Crippen molar-refractivity contribution in [2.24, 2.45) is 11.1 Å². The summed E-state index contributed by atoms with van der Waals surface area (Å²) in [5.74, 6) is 0.796. The second-order valence-corrected chi connectivity index (χ2v) is 7.73. The van der Waals surface area contributed by atoms with E-state index >= 15 is 0 Å². The molecule has 1 aliphatic heterocycles. The number of nitrogens with two attached hydrogens (primary N) is 1. The lowest BCUT2D eigenvalue weighted by Crippen LogP contribution is -2.54. The van der Waals surface area contributed by atoms with Crippen molar-refractivity contribution in [2.45, 2.75) is 26.3 Å². The summed E-state index contributed by atoms with van der Waals surface area (Å²) < 4.78 is 5.17. The van der Waals surface area contributed by atoms with Gasteiger partial charge < -0.3 is 15.4 Å². The smallest absolute Gasteiger partial charge is 0.273 e. The lowest BCUT2D eigenvalue weighted by Gasteiger charge is -2.42. The molecular formula is C18H25Cl2N3O2S. The van der Waals surface area contributed by atoms with E-state index < -0.39 is 0 Å². The molecular weight excluding hydrogens is 393 g/mol. The van der Waals surface area contributed by atoms with Crippen LogP contribution in [0.1, 0.15) is 30.8 Å². The number of hydrogen-bond donors (Lipinski definition) is 1. The van der Waals surface area contributed by atoms with Crippen LogP contribution in [0.3, 0.4) is 0 Å². The largest absolute Gasteiger partial charge is 0.497 e. The summed E-state index contributed by atoms with van der Waals surface area (Å²) in [6.07, 6.45) is 0.828. The minimum atomic E-state index is -0.0667. The molecule has 1 unspecified atom stereocenters. The highest BCUT2D eigenvalue weighted by Gasteiger charge is 2.36. The zero-order valence-electron chi connectivity index (χ0n) is 15.1. The third kappa shape index (κ3) is 4.68. The number of aromatic nitrogens is 1. The fourth-order valence-electron chi connectivity index (χ4n) is 2.95. The van der Waals surface area contributed by atoms with Crippen LogP contribution in [0.25, 0.3) is 10.6 Å². The Morgan fingerprint density at radius 3 is 2.54 bits per heavy atom. The van der Waals surface area contributed by atoms with Gasteiger partial charge in [0.25, 0.3) is 5.91 Å². The Kier molecular flexibility index (Phi) is 7.89. The number of piperidine rings is 1. The van der Waals surface area contributed by atoms with Crippen molar-refractivity contribution < 1.29 is 9.53 Å². The van der Waals surface area contributed by atoms with E-state index in [-0.39, 0.29) is 42.2 Å². The van der Waals surface area contributed by atoms with E-state index in [1.807, 2.05) is 34.5 Å². The molecule has 1 aromatic carbocycles. The number of methoxy groups -OCH3 is 1. The number of benzene rings is 1. The Morgan fingerprint density at radius 2 is 1.96 bits per heavy atom. The monoisotopic (exact) mass is 417 g/mol. The second-order valence-electron chi connectivity index (χ2n) is 6.88. The Labute approximate surface area is 170 Å². The lowest BCUT2D eigenvalue weighted by molar-refractivity contribution is 0.0528. The Bertz CT molecular complexity index is 734. The Balaban J connectivity index is 0.00000169. The molecule has 144 valence electrons. The molecule has 0 radical (unpaired) electrons. The van der Waals surface area contributed by atoms with Crippen molar-refractivity contribution in [1.82, 2.24) is 9.88 Å². The highest BCUT2D eigenvalue weighted by molar-refractivity contribution is 7.13. The Morgan fingerprint density at radius 1 is 1.31 bits per heavy atom. The molecule has 26 heavy (non-hydrogen) atoms. The third-order valence-corrected chi connectivity index (χ3v) is 5.55. The highest BCUT2D eigenvalue weighted by atomic mass is 35.5. The van der Waals surface area contributed by atoms with Crippen LogP contribution >= 0.6 is 36.2 Å². The molecule has 1 amide bonds. The quantitative estimate of drug-likeness (QED) is 0.822. The fraction of sp³-hybridized carbons (Fsp3) is 0.444. The Hall–Kier alpha value is -1.34. The topological polar surface area (TPSA) is 68.5 Å². The molecule has 0 aliphatic carbocycles. The average molecular weight is 418 g/mol. The molecule has 1 fully saturated rings. The van der Waals surface area contributed by atoms with Crippen molar-refractivity contribution in [2.75, 3.05) is 20.2 Å². The number of halogens is 2. The standard InChI is InChI=1S/C18H23N3O2S.2ClH/c1-18(2)11-21(9-8-15(18)19)17(22)14-10-24-16(20-14)12-4-6-13(23-3)7-5-12;;/h4-7,10,15H,8-9,11,19H2,1-3H3;2*1H. The number of nitrogens with zero attached hydrogens (tertiary/aromatic N) is 2. The number of carbonyl (C=O) groups is 1. The highest BCUT2D eigenvalue weighted by Crippen LogP contribution is 2.30. The molecule has 3 rings (SSSR count). The molecule has 0 saturated carbocycles. The molecule has 2 aromatic rings. The van der Waals surface area contributed by atoms with E-state index in [1.54, 1.807) is 7.11 Å². The molecule has 1 aliphatic rings. The lowest BCUT2D eigenvalue weighted by atomic mass is 9.79. The maximum Gasteiger partial charge on any atom is 0.273 e. The van der Waals surface area contributed by atoms with E-state index in [1.165, 1.54) is 11.3 Å². The fourth-order valence-corrected chi connectivity index (χ4v) is 3.75. The zero-order chi connectivity index (χ0) is 17.3. The van der Waals surface area contributed by atoms with Gasteiger partial charge in [0.05, 0.1) is 7.11 Å². The van der Waals surface area contributed by atoms with Gasteiger partial charge in [-0.15, -0.1) is 36.2 Å². The maximum atomic E-state index is 12.7. The minimum absolute atomic E-state index is 0. The van der Waals surface area contributed by atoms with Gasteiger partial charge in [0, 0.05) is 30.1 Å². The van der Waals surface area contributed by atoms with Crippen LogP contribution in [0.15, 0.2) is 29.6 Å². The van der Waals surface area contributed by atoms with Gasteiger partial charge in [0.1, 0.15) is 16.5 Å². The number of thiazole rings is 1. The molecule has 1 atom stereocenters. The zero-order valence-corrected chi connectivity index (χ0v) is 17.5. The van der Waals surface area contributed by atoms with Gasteiger partial charge in [-0.1, -0.05) is 13.8 Å². The number of hydrogen-bond acceptors (Lipinski definition) is 5. The summed E-state index contributed by atoms with van der Waals surface area (Å²) in [5.41, 5.74) is 7.59. The van der Waals surface area contributed by atoms with Crippen molar-refractivity contribution in [1.29, 1.82) is 0 Å². The minimum Gasteiger partial charge on any atom is -0.497 e. The van der Waals surface area contributed by atoms with Crippen molar-refractivity contribution in [3.8, 4) is 16.3 Å². The van der Waals surface area contributed by atoms with Gasteiger partial charge in [-0.2, -0.15) is 0 Å². The van der Waals surface area contributed by atoms with Crippen molar-refractivity contribution in [3.63, 3.8) is 0 Å².